The van der Waals surface area contributed by atoms with Crippen LogP contribution in [0.25, 0.3) is 6.08 Å². The van der Waals surface area contributed by atoms with Crippen LogP contribution in [0.15, 0.2) is 35.1 Å². The predicted octanol–water partition coefficient (Wildman–Crippen LogP) is 1.98. The van der Waals surface area contributed by atoms with Gasteiger partial charge in [0.2, 0.25) is 29.5 Å². The first kappa shape index (κ1) is 39.9. The molecule has 274 valence electrons. The van der Waals surface area contributed by atoms with Crippen molar-refractivity contribution in [2.24, 2.45) is 17.6 Å². The number of hydrogen-bond donors (Lipinski definition) is 4. The number of carbonyl (C=O) groups excluding carboxylic acids is 7. The number of nitrogens with one attached hydrogen (secondary N) is 3. The second-order valence-electron chi connectivity index (χ2n) is 12.9. The van der Waals surface area contributed by atoms with Gasteiger partial charge in [-0.25, -0.2) is 4.79 Å². The Labute approximate surface area is 296 Å². The van der Waals surface area contributed by atoms with Gasteiger partial charge < -0.3 is 36.1 Å². The van der Waals surface area contributed by atoms with Gasteiger partial charge in [0.05, 0.1) is 20.1 Å². The number of allylic oxidation sites excluding steroid dienone is 1. The van der Waals surface area contributed by atoms with Gasteiger partial charge in [-0.3, -0.25) is 28.8 Å². The van der Waals surface area contributed by atoms with Gasteiger partial charge >= 0.3 is 11.9 Å². The fourth-order valence-electron chi connectivity index (χ4n) is 6.04. The fourth-order valence-corrected chi connectivity index (χ4v) is 6.67. The summed E-state index contributed by atoms with van der Waals surface area (Å²) in [6.07, 6.45) is 7.85. The van der Waals surface area contributed by atoms with Gasteiger partial charge in [0, 0.05) is 25.0 Å². The molecule has 1 aliphatic heterocycles. The minimum atomic E-state index is -1.52. The fraction of sp³-hybridized carbons (Fsp3) is 0.571. The van der Waals surface area contributed by atoms with Crippen molar-refractivity contribution >= 4 is 58.9 Å². The molecule has 1 aliphatic carbocycles. The van der Waals surface area contributed by atoms with E-state index in [-0.39, 0.29) is 44.8 Å². The number of primary amides is 1. The summed E-state index contributed by atoms with van der Waals surface area (Å²) < 4.78 is 9.79. The smallest absolute Gasteiger partial charge is 0.328 e. The van der Waals surface area contributed by atoms with Crippen molar-refractivity contribution in [3.63, 3.8) is 0 Å². The molecule has 5 N–H and O–H groups in total. The number of likely N-dealkylation sites (tertiary alicyclic amines) is 1. The molecule has 1 aromatic rings. The van der Waals surface area contributed by atoms with Crippen molar-refractivity contribution in [3.8, 4) is 0 Å². The van der Waals surface area contributed by atoms with Crippen LogP contribution < -0.4 is 21.7 Å². The molecule has 1 saturated carbocycles. The number of amides is 5. The van der Waals surface area contributed by atoms with Crippen molar-refractivity contribution in [2.45, 2.75) is 95.8 Å². The normalized spacial score (nSPS) is 21.1. The lowest BCUT2D eigenvalue weighted by molar-refractivity contribution is -0.147. The van der Waals surface area contributed by atoms with Gasteiger partial charge in [0.15, 0.2) is 0 Å². The lowest BCUT2D eigenvalue weighted by Gasteiger charge is -2.31. The third-order valence-electron chi connectivity index (χ3n) is 8.59. The van der Waals surface area contributed by atoms with Crippen LogP contribution in [-0.4, -0.2) is 90.3 Å². The monoisotopic (exact) mass is 715 g/mol. The van der Waals surface area contributed by atoms with Crippen LogP contribution in [0, 0.1) is 11.8 Å². The highest BCUT2D eigenvalue weighted by atomic mass is 32.1. The molecular formula is C35H49N5O9S. The zero-order valence-corrected chi connectivity index (χ0v) is 29.9. The summed E-state index contributed by atoms with van der Waals surface area (Å²) in [5, 5.41) is 12.0. The Balaban J connectivity index is 1.81. The Hall–Kier alpha value is -4.53. The van der Waals surface area contributed by atoms with E-state index in [1.165, 1.54) is 29.4 Å². The molecule has 0 radical (unpaired) electrons. The molecular weight excluding hydrogens is 666 g/mol. The number of nitrogens with zero attached hydrogens (tertiary/aromatic N) is 1. The predicted molar refractivity (Wildman–Crippen MR) is 186 cm³/mol. The van der Waals surface area contributed by atoms with Crippen LogP contribution in [0.4, 0.5) is 0 Å². The molecule has 2 unspecified atom stereocenters. The zero-order valence-electron chi connectivity index (χ0n) is 29.1. The highest BCUT2D eigenvalue weighted by Gasteiger charge is 2.64. The van der Waals surface area contributed by atoms with E-state index in [1.807, 2.05) is 30.7 Å². The van der Waals surface area contributed by atoms with Gasteiger partial charge in [-0.2, -0.15) is 11.3 Å². The number of nitrogens with two attached hydrogens (primary N) is 1. The van der Waals surface area contributed by atoms with Crippen molar-refractivity contribution in [3.05, 3.63) is 40.6 Å². The Kier molecular flexibility index (Phi) is 15.2. The highest BCUT2D eigenvalue weighted by Crippen LogP contribution is 2.48. The number of rotatable bonds is 19. The van der Waals surface area contributed by atoms with Gasteiger partial charge in [0.1, 0.15) is 23.7 Å². The van der Waals surface area contributed by atoms with Crippen LogP contribution in [0.2, 0.25) is 0 Å². The van der Waals surface area contributed by atoms with Crippen molar-refractivity contribution < 1.29 is 43.0 Å². The van der Waals surface area contributed by atoms with E-state index in [2.05, 4.69) is 16.0 Å². The number of carbonyl (C=O) groups is 7. The van der Waals surface area contributed by atoms with Gasteiger partial charge in [0.25, 0.3) is 0 Å². The van der Waals surface area contributed by atoms with Crippen molar-refractivity contribution in [1.82, 2.24) is 20.9 Å². The first-order chi connectivity index (χ1) is 23.8. The molecule has 1 aromatic heterocycles. The molecule has 50 heavy (non-hydrogen) atoms. The molecule has 3 rings (SSSR count). The maximum absolute atomic E-state index is 14.3. The summed E-state index contributed by atoms with van der Waals surface area (Å²) in [6, 6.07) is -1.06. The zero-order chi connectivity index (χ0) is 36.8. The van der Waals surface area contributed by atoms with Gasteiger partial charge in [-0.15, -0.1) is 0 Å². The number of hydrogen-bond acceptors (Lipinski definition) is 10. The van der Waals surface area contributed by atoms with E-state index >= 15 is 0 Å². The van der Waals surface area contributed by atoms with E-state index < -0.39 is 71.1 Å². The maximum atomic E-state index is 14.3. The van der Waals surface area contributed by atoms with Crippen LogP contribution >= 0.6 is 11.3 Å². The van der Waals surface area contributed by atoms with Crippen LogP contribution in [-0.2, 0) is 43.0 Å². The van der Waals surface area contributed by atoms with E-state index in [4.69, 9.17) is 15.2 Å². The molecule has 15 heteroatoms. The Morgan fingerprint density at radius 2 is 1.88 bits per heavy atom. The van der Waals surface area contributed by atoms with Crippen LogP contribution in [0.5, 0.6) is 0 Å². The van der Waals surface area contributed by atoms with E-state index in [0.717, 1.165) is 5.56 Å². The third-order valence-corrected chi connectivity index (χ3v) is 9.29. The number of methoxy groups -OCH3 is 1. The highest BCUT2D eigenvalue weighted by molar-refractivity contribution is 7.08. The lowest BCUT2D eigenvalue weighted by atomic mass is 10.0. The lowest BCUT2D eigenvalue weighted by Crippen LogP contribution is -2.59. The maximum Gasteiger partial charge on any atom is 0.328 e. The van der Waals surface area contributed by atoms with Crippen LogP contribution in [0.1, 0.15) is 77.7 Å². The number of thiophene rings is 1. The summed E-state index contributed by atoms with van der Waals surface area (Å²) in [5.74, 6) is -4.42. The summed E-state index contributed by atoms with van der Waals surface area (Å²) >= 11 is 1.47. The molecule has 0 bridgehead atoms. The minimum absolute atomic E-state index is 0.0509. The molecule has 2 aliphatic rings. The number of esters is 2. The summed E-state index contributed by atoms with van der Waals surface area (Å²) in [4.78, 5) is 91.9. The largest absolute Gasteiger partial charge is 0.467 e. The second kappa shape index (κ2) is 19.0. The molecule has 0 aromatic carbocycles. The van der Waals surface area contributed by atoms with E-state index in [0.29, 0.717) is 25.7 Å². The Morgan fingerprint density at radius 1 is 1.12 bits per heavy atom. The van der Waals surface area contributed by atoms with Gasteiger partial charge in [-0.05, 0) is 79.8 Å². The standard InChI is InChI=1S/C35H49N5O9S/c1-5-49-30(43)12-8-6-7-10-25(37-29(42)14-13-23-15-17-50-21-23)31(44)39-35(20-24(35)19-28(36)41)34(47)40-16-9-11-27(40)32(45)38-26(18-22(2)3)33(46)48-4/h6,8,13-15,17,21-22,24-27H,5,7,9-12,16,18-20H2,1-4H3,(H2,36,41)(H,37,42)(H,38,45)(H,39,44)/b8-6-,14-13+/t24?,25-,26-,27-,35?/m0/s1. The third kappa shape index (κ3) is 11.5. The minimum Gasteiger partial charge on any atom is -0.467 e. The van der Waals surface area contributed by atoms with Gasteiger partial charge in [-0.1, -0.05) is 26.0 Å². The Bertz CT molecular complexity index is 1440. The SMILES string of the molecule is CCOC(=O)C/C=C\CC[C@H](NC(=O)/C=C/c1ccsc1)C(=O)NC1(C(=O)N2CCC[C@H]2C(=O)N[C@@H](CC(C)C)C(=O)OC)CC1CC(N)=O. The average molecular weight is 716 g/mol. The van der Waals surface area contributed by atoms with Crippen molar-refractivity contribution in [1.29, 1.82) is 0 Å². The van der Waals surface area contributed by atoms with E-state index in [9.17, 15) is 33.6 Å². The molecule has 1 saturated heterocycles. The second-order valence-corrected chi connectivity index (χ2v) is 13.7. The summed E-state index contributed by atoms with van der Waals surface area (Å²) in [5.41, 5.74) is 4.79. The average Bonchev–Trinajstić information content (AvgIpc) is 3.42. The molecule has 14 nitrogen and oxygen atoms in total. The molecule has 5 amide bonds. The summed E-state index contributed by atoms with van der Waals surface area (Å²) in [7, 11) is 1.24. The molecule has 2 fully saturated rings. The summed E-state index contributed by atoms with van der Waals surface area (Å²) in [6.45, 7) is 6.00. The first-order valence-electron chi connectivity index (χ1n) is 16.9. The van der Waals surface area contributed by atoms with Crippen LogP contribution in [0.3, 0.4) is 0 Å². The topological polar surface area (TPSA) is 203 Å². The Morgan fingerprint density at radius 3 is 2.52 bits per heavy atom. The quantitative estimate of drug-likeness (QED) is 0.0938. The van der Waals surface area contributed by atoms with E-state index in [1.54, 1.807) is 25.2 Å². The molecule has 0 spiro atoms. The first-order valence-corrected chi connectivity index (χ1v) is 17.9. The molecule has 5 atom stereocenters. The number of ether oxygens (including phenoxy) is 2. The van der Waals surface area contributed by atoms with Crippen molar-refractivity contribution in [2.75, 3.05) is 20.3 Å². The molecule has 2 heterocycles.